The Bertz CT molecular complexity index is 413. The number of nitrogens with zero attached hydrogens (tertiary/aromatic N) is 2. The Labute approximate surface area is 102 Å². The van der Waals surface area contributed by atoms with E-state index in [0.717, 1.165) is 6.54 Å². The first-order valence-electron chi connectivity index (χ1n) is 6.11. The van der Waals surface area contributed by atoms with Crippen LogP contribution >= 0.6 is 0 Å². The highest BCUT2D eigenvalue weighted by Crippen LogP contribution is 2.31. The van der Waals surface area contributed by atoms with E-state index in [-0.39, 0.29) is 11.9 Å². The van der Waals surface area contributed by atoms with Crippen LogP contribution in [-0.2, 0) is 0 Å². The molecule has 4 nitrogen and oxygen atoms in total. The number of pyridine rings is 1. The van der Waals surface area contributed by atoms with Gasteiger partial charge in [0.2, 0.25) is 0 Å². The van der Waals surface area contributed by atoms with Crippen LogP contribution in [0, 0.1) is 5.92 Å². The Morgan fingerprint density at radius 1 is 1.59 bits per heavy atom. The van der Waals surface area contributed by atoms with E-state index in [9.17, 15) is 4.79 Å². The highest BCUT2D eigenvalue weighted by Gasteiger charge is 2.29. The fourth-order valence-corrected chi connectivity index (χ4v) is 1.84. The highest BCUT2D eigenvalue weighted by atomic mass is 16.2. The van der Waals surface area contributed by atoms with Gasteiger partial charge in [-0.3, -0.25) is 4.79 Å². The van der Waals surface area contributed by atoms with Gasteiger partial charge in [0.1, 0.15) is 0 Å². The van der Waals surface area contributed by atoms with Gasteiger partial charge in [0.25, 0.3) is 5.91 Å². The fraction of sp³-hybridized carbons (Fsp3) is 0.538. The third-order valence-electron chi connectivity index (χ3n) is 3.08. The molecule has 2 N–H and O–H groups in total. The molecule has 4 heteroatoms. The Morgan fingerprint density at radius 3 is 2.82 bits per heavy atom. The topological polar surface area (TPSA) is 59.2 Å². The lowest BCUT2D eigenvalue weighted by molar-refractivity contribution is 0.0691. The molecule has 92 valence electrons. The summed E-state index contributed by atoms with van der Waals surface area (Å²) < 4.78 is 0. The smallest absolute Gasteiger partial charge is 0.274 e. The number of amides is 1. The fourth-order valence-electron chi connectivity index (χ4n) is 1.84. The summed E-state index contributed by atoms with van der Waals surface area (Å²) in [5.74, 6) is 0.622. The largest absolute Gasteiger partial charge is 0.397 e. The van der Waals surface area contributed by atoms with Gasteiger partial charge in [-0.15, -0.1) is 0 Å². The molecule has 0 spiro atoms. The van der Waals surface area contributed by atoms with Gasteiger partial charge < -0.3 is 10.6 Å². The summed E-state index contributed by atoms with van der Waals surface area (Å²) in [5, 5.41) is 0. The predicted octanol–water partition coefficient (Wildman–Crippen LogP) is 1.92. The quantitative estimate of drug-likeness (QED) is 0.864. The van der Waals surface area contributed by atoms with Crippen molar-refractivity contribution in [2.45, 2.75) is 32.7 Å². The number of nitrogen functional groups attached to an aromatic ring is 1. The summed E-state index contributed by atoms with van der Waals surface area (Å²) >= 11 is 0. The molecule has 1 aromatic rings. The van der Waals surface area contributed by atoms with E-state index >= 15 is 0 Å². The van der Waals surface area contributed by atoms with Gasteiger partial charge >= 0.3 is 0 Å². The second-order valence-electron chi connectivity index (χ2n) is 4.94. The van der Waals surface area contributed by atoms with Crippen molar-refractivity contribution in [3.05, 3.63) is 24.0 Å². The molecule has 0 atom stereocenters. The van der Waals surface area contributed by atoms with Crippen LogP contribution in [0.25, 0.3) is 0 Å². The summed E-state index contributed by atoms with van der Waals surface area (Å²) in [6, 6.07) is 3.65. The van der Waals surface area contributed by atoms with E-state index < -0.39 is 0 Å². The lowest BCUT2D eigenvalue weighted by Crippen LogP contribution is -2.39. The van der Waals surface area contributed by atoms with Crippen molar-refractivity contribution in [2.75, 3.05) is 12.3 Å². The van der Waals surface area contributed by atoms with Gasteiger partial charge in [0, 0.05) is 18.8 Å². The summed E-state index contributed by atoms with van der Waals surface area (Å²) in [4.78, 5) is 18.3. The molecule has 1 aliphatic rings. The number of nitrogens with two attached hydrogens (primary N) is 1. The van der Waals surface area contributed by atoms with Crippen LogP contribution in [0.5, 0.6) is 0 Å². The molecule has 0 saturated heterocycles. The second-order valence-corrected chi connectivity index (χ2v) is 4.94. The standard InChI is InChI=1S/C13H19N3O/c1-9(2)16(8-10-5-6-10)13(17)12-11(14)4-3-7-15-12/h3-4,7,9-10H,5-6,8,14H2,1-2H3. The first kappa shape index (κ1) is 11.9. The zero-order valence-electron chi connectivity index (χ0n) is 10.4. The molecule has 1 heterocycles. The maximum absolute atomic E-state index is 12.4. The van der Waals surface area contributed by atoms with Gasteiger partial charge in [-0.25, -0.2) is 4.98 Å². The summed E-state index contributed by atoms with van der Waals surface area (Å²) in [6.45, 7) is 4.88. The van der Waals surface area contributed by atoms with E-state index in [1.807, 2.05) is 18.7 Å². The molecule has 1 aliphatic carbocycles. The normalized spacial score (nSPS) is 15.0. The van der Waals surface area contributed by atoms with Crippen LogP contribution in [0.15, 0.2) is 18.3 Å². The Morgan fingerprint density at radius 2 is 2.29 bits per heavy atom. The van der Waals surface area contributed by atoms with Crippen LogP contribution in [0.4, 0.5) is 5.69 Å². The Kier molecular flexibility index (Phi) is 3.31. The third kappa shape index (κ3) is 2.75. The van der Waals surface area contributed by atoms with E-state index in [1.165, 1.54) is 12.8 Å². The minimum atomic E-state index is -0.0509. The number of hydrogen-bond acceptors (Lipinski definition) is 3. The Hall–Kier alpha value is -1.58. The van der Waals surface area contributed by atoms with Crippen molar-refractivity contribution in [1.29, 1.82) is 0 Å². The minimum Gasteiger partial charge on any atom is -0.397 e. The minimum absolute atomic E-state index is 0.0509. The van der Waals surface area contributed by atoms with Crippen LogP contribution in [0.3, 0.4) is 0 Å². The van der Waals surface area contributed by atoms with Crippen molar-refractivity contribution in [2.24, 2.45) is 5.92 Å². The van der Waals surface area contributed by atoms with Crippen molar-refractivity contribution < 1.29 is 4.79 Å². The number of rotatable bonds is 4. The highest BCUT2D eigenvalue weighted by molar-refractivity contribution is 5.97. The molecule has 0 bridgehead atoms. The molecule has 0 aliphatic heterocycles. The molecule has 1 amide bonds. The van der Waals surface area contributed by atoms with Gasteiger partial charge in [-0.1, -0.05) is 0 Å². The maximum atomic E-state index is 12.4. The van der Waals surface area contributed by atoms with Gasteiger partial charge in [-0.2, -0.15) is 0 Å². The van der Waals surface area contributed by atoms with Crippen molar-refractivity contribution >= 4 is 11.6 Å². The van der Waals surface area contributed by atoms with E-state index in [1.54, 1.807) is 18.3 Å². The van der Waals surface area contributed by atoms with Crippen molar-refractivity contribution in [3.8, 4) is 0 Å². The third-order valence-corrected chi connectivity index (χ3v) is 3.08. The number of anilines is 1. The number of carbonyl (C=O) groups is 1. The molecule has 17 heavy (non-hydrogen) atoms. The zero-order chi connectivity index (χ0) is 12.4. The van der Waals surface area contributed by atoms with E-state index in [2.05, 4.69) is 4.98 Å². The van der Waals surface area contributed by atoms with Gasteiger partial charge in [0.15, 0.2) is 5.69 Å². The summed E-state index contributed by atoms with van der Waals surface area (Å²) in [7, 11) is 0. The second kappa shape index (κ2) is 4.73. The lowest BCUT2D eigenvalue weighted by Gasteiger charge is -2.26. The molecule has 0 aromatic carbocycles. The number of carbonyl (C=O) groups excluding carboxylic acids is 1. The van der Waals surface area contributed by atoms with Crippen molar-refractivity contribution in [1.82, 2.24) is 9.88 Å². The Balaban J connectivity index is 2.18. The van der Waals surface area contributed by atoms with Gasteiger partial charge in [0.05, 0.1) is 5.69 Å². The molecule has 1 aromatic heterocycles. The average Bonchev–Trinajstić information content (AvgIpc) is 3.09. The number of hydrogen-bond donors (Lipinski definition) is 1. The molecule has 1 saturated carbocycles. The molecule has 2 rings (SSSR count). The summed E-state index contributed by atoms with van der Waals surface area (Å²) in [5.41, 5.74) is 6.63. The van der Waals surface area contributed by atoms with Crippen LogP contribution < -0.4 is 5.73 Å². The predicted molar refractivity (Wildman–Crippen MR) is 67.5 cm³/mol. The maximum Gasteiger partial charge on any atom is 0.274 e. The van der Waals surface area contributed by atoms with Crippen molar-refractivity contribution in [3.63, 3.8) is 0 Å². The molecule has 0 radical (unpaired) electrons. The summed E-state index contributed by atoms with van der Waals surface area (Å²) in [6.07, 6.45) is 4.07. The van der Waals surface area contributed by atoms with Crippen LogP contribution in [-0.4, -0.2) is 28.4 Å². The van der Waals surface area contributed by atoms with Crippen LogP contribution in [0.2, 0.25) is 0 Å². The zero-order valence-corrected chi connectivity index (χ0v) is 10.4. The van der Waals surface area contributed by atoms with Crippen LogP contribution in [0.1, 0.15) is 37.2 Å². The first-order chi connectivity index (χ1) is 8.09. The van der Waals surface area contributed by atoms with E-state index in [4.69, 9.17) is 5.73 Å². The number of aromatic nitrogens is 1. The average molecular weight is 233 g/mol. The molecular formula is C13H19N3O. The SMILES string of the molecule is CC(C)N(CC1CC1)C(=O)c1ncccc1N. The molecule has 0 unspecified atom stereocenters. The van der Waals surface area contributed by atoms with E-state index in [0.29, 0.717) is 17.3 Å². The van der Waals surface area contributed by atoms with Gasteiger partial charge in [-0.05, 0) is 44.7 Å². The molecular weight excluding hydrogens is 214 g/mol. The first-order valence-corrected chi connectivity index (χ1v) is 6.11. The monoisotopic (exact) mass is 233 g/mol. The lowest BCUT2D eigenvalue weighted by atomic mass is 10.2. The molecule has 1 fully saturated rings.